The third-order valence-corrected chi connectivity index (χ3v) is 4.79. The molecule has 1 amide bonds. The van der Waals surface area contributed by atoms with Crippen LogP contribution in [0.15, 0.2) is 48.8 Å². The fourth-order valence-electron chi connectivity index (χ4n) is 2.71. The zero-order valence-corrected chi connectivity index (χ0v) is 17.5. The molecule has 8 heteroatoms. The standard InChI is InChI=1S/C22H17Cl2N3O3/c1-3-10-30-18-7-5-15(13-19(18)29-2)21-22(26-9-8-25-21)27-20(28)12-14-4-6-16(23)17(24)11-14/h1,4-9,11,13H,10,12H2,2H3,(H,26,27,28). The van der Waals surface area contributed by atoms with Crippen molar-refractivity contribution in [3.05, 3.63) is 64.4 Å². The van der Waals surface area contributed by atoms with E-state index in [-0.39, 0.29) is 18.9 Å². The number of carbonyl (C=O) groups excluding carboxylic acids is 1. The van der Waals surface area contributed by atoms with Crippen LogP contribution < -0.4 is 14.8 Å². The van der Waals surface area contributed by atoms with Crippen molar-refractivity contribution in [1.82, 2.24) is 9.97 Å². The quantitative estimate of drug-likeness (QED) is 0.540. The topological polar surface area (TPSA) is 73.3 Å². The van der Waals surface area contributed by atoms with E-state index in [9.17, 15) is 4.79 Å². The molecular weight excluding hydrogens is 425 g/mol. The third kappa shape index (κ3) is 5.20. The number of terminal acetylenes is 1. The second kappa shape index (κ2) is 9.97. The number of hydrogen-bond acceptors (Lipinski definition) is 5. The summed E-state index contributed by atoms with van der Waals surface area (Å²) < 4.78 is 10.8. The number of halogens is 2. The summed E-state index contributed by atoms with van der Waals surface area (Å²) in [6, 6.07) is 10.3. The van der Waals surface area contributed by atoms with Crippen molar-refractivity contribution in [3.63, 3.8) is 0 Å². The minimum Gasteiger partial charge on any atom is -0.493 e. The van der Waals surface area contributed by atoms with Gasteiger partial charge < -0.3 is 14.8 Å². The Hall–Kier alpha value is -3.27. The summed E-state index contributed by atoms with van der Waals surface area (Å²) in [5.74, 6) is 3.46. The molecule has 30 heavy (non-hydrogen) atoms. The first kappa shape index (κ1) is 21.4. The van der Waals surface area contributed by atoms with Gasteiger partial charge in [0.25, 0.3) is 0 Å². The van der Waals surface area contributed by atoms with Crippen LogP contribution in [-0.2, 0) is 11.2 Å². The molecule has 1 N–H and O–H groups in total. The van der Waals surface area contributed by atoms with Crippen LogP contribution in [0, 0.1) is 12.3 Å². The Morgan fingerprint density at radius 3 is 2.63 bits per heavy atom. The maximum Gasteiger partial charge on any atom is 0.230 e. The minimum atomic E-state index is -0.268. The lowest BCUT2D eigenvalue weighted by molar-refractivity contribution is -0.115. The number of ether oxygens (including phenoxy) is 2. The fraction of sp³-hybridized carbons (Fsp3) is 0.136. The van der Waals surface area contributed by atoms with Crippen LogP contribution in [0.2, 0.25) is 10.0 Å². The molecule has 0 saturated carbocycles. The van der Waals surface area contributed by atoms with Gasteiger partial charge in [-0.2, -0.15) is 0 Å². The highest BCUT2D eigenvalue weighted by Crippen LogP contribution is 2.34. The summed E-state index contributed by atoms with van der Waals surface area (Å²) in [5.41, 5.74) is 1.91. The summed E-state index contributed by atoms with van der Waals surface area (Å²) in [6.45, 7) is 0.122. The van der Waals surface area contributed by atoms with E-state index < -0.39 is 0 Å². The Balaban J connectivity index is 1.83. The number of anilines is 1. The molecule has 0 spiro atoms. The average Bonchev–Trinajstić information content (AvgIpc) is 2.75. The van der Waals surface area contributed by atoms with Crippen LogP contribution in [0.4, 0.5) is 5.82 Å². The van der Waals surface area contributed by atoms with Crippen LogP contribution in [-0.4, -0.2) is 29.6 Å². The second-order valence-corrected chi connectivity index (χ2v) is 6.90. The summed E-state index contributed by atoms with van der Waals surface area (Å²) in [5, 5.41) is 3.61. The highest BCUT2D eigenvalue weighted by molar-refractivity contribution is 6.42. The predicted octanol–water partition coefficient (Wildman–Crippen LogP) is 4.65. The van der Waals surface area contributed by atoms with E-state index in [4.69, 9.17) is 39.1 Å². The Labute approximate surface area is 184 Å². The summed E-state index contributed by atoms with van der Waals surface area (Å²) in [7, 11) is 1.53. The summed E-state index contributed by atoms with van der Waals surface area (Å²) in [6.07, 6.45) is 8.38. The van der Waals surface area contributed by atoms with Gasteiger partial charge in [0, 0.05) is 18.0 Å². The highest BCUT2D eigenvalue weighted by Gasteiger charge is 2.15. The Bertz CT molecular complexity index is 1110. The normalized spacial score (nSPS) is 10.2. The van der Waals surface area contributed by atoms with Gasteiger partial charge >= 0.3 is 0 Å². The van der Waals surface area contributed by atoms with Crippen molar-refractivity contribution in [2.75, 3.05) is 19.0 Å². The molecule has 2 aromatic carbocycles. The van der Waals surface area contributed by atoms with Crippen molar-refractivity contribution in [2.24, 2.45) is 0 Å². The number of benzene rings is 2. The average molecular weight is 442 g/mol. The number of nitrogens with zero attached hydrogens (tertiary/aromatic N) is 2. The van der Waals surface area contributed by atoms with Gasteiger partial charge in [0.2, 0.25) is 5.91 Å². The second-order valence-electron chi connectivity index (χ2n) is 6.09. The van der Waals surface area contributed by atoms with E-state index in [2.05, 4.69) is 21.2 Å². The Morgan fingerprint density at radius 1 is 1.10 bits per heavy atom. The van der Waals surface area contributed by atoms with Gasteiger partial charge in [0.15, 0.2) is 17.3 Å². The minimum absolute atomic E-state index is 0.106. The lowest BCUT2D eigenvalue weighted by Gasteiger charge is -2.13. The van der Waals surface area contributed by atoms with E-state index in [0.29, 0.717) is 38.6 Å². The number of methoxy groups -OCH3 is 1. The molecule has 152 valence electrons. The number of hydrogen-bond donors (Lipinski definition) is 1. The Morgan fingerprint density at radius 2 is 1.90 bits per heavy atom. The van der Waals surface area contributed by atoms with Crippen LogP contribution in [0.5, 0.6) is 11.5 Å². The number of amides is 1. The van der Waals surface area contributed by atoms with Crippen molar-refractivity contribution in [1.29, 1.82) is 0 Å². The van der Waals surface area contributed by atoms with Crippen molar-refractivity contribution in [2.45, 2.75) is 6.42 Å². The van der Waals surface area contributed by atoms with Crippen LogP contribution in [0.1, 0.15) is 5.56 Å². The summed E-state index contributed by atoms with van der Waals surface area (Å²) in [4.78, 5) is 21.2. The predicted molar refractivity (Wildman–Crippen MR) is 117 cm³/mol. The van der Waals surface area contributed by atoms with Crippen molar-refractivity contribution >= 4 is 34.9 Å². The van der Waals surface area contributed by atoms with Gasteiger partial charge in [-0.15, -0.1) is 6.42 Å². The number of aromatic nitrogens is 2. The van der Waals surface area contributed by atoms with E-state index in [1.165, 1.54) is 13.3 Å². The lowest BCUT2D eigenvalue weighted by atomic mass is 10.1. The molecular formula is C22H17Cl2N3O3. The van der Waals surface area contributed by atoms with E-state index >= 15 is 0 Å². The van der Waals surface area contributed by atoms with Crippen molar-refractivity contribution < 1.29 is 14.3 Å². The molecule has 0 saturated heterocycles. The van der Waals surface area contributed by atoms with Gasteiger partial charge in [0.05, 0.1) is 23.6 Å². The molecule has 3 rings (SSSR count). The molecule has 6 nitrogen and oxygen atoms in total. The highest BCUT2D eigenvalue weighted by atomic mass is 35.5. The zero-order chi connectivity index (χ0) is 21.5. The van der Waals surface area contributed by atoms with Crippen LogP contribution in [0.25, 0.3) is 11.3 Å². The van der Waals surface area contributed by atoms with Gasteiger partial charge in [0.1, 0.15) is 12.3 Å². The number of nitrogens with one attached hydrogen (secondary N) is 1. The van der Waals surface area contributed by atoms with E-state index in [1.54, 1.807) is 42.6 Å². The maximum absolute atomic E-state index is 12.5. The monoisotopic (exact) mass is 441 g/mol. The lowest BCUT2D eigenvalue weighted by Crippen LogP contribution is -2.16. The molecule has 0 aliphatic carbocycles. The number of rotatable bonds is 7. The first-order valence-electron chi connectivity index (χ1n) is 8.81. The largest absolute Gasteiger partial charge is 0.493 e. The van der Waals surface area contributed by atoms with Gasteiger partial charge in [-0.1, -0.05) is 35.2 Å². The van der Waals surface area contributed by atoms with Crippen LogP contribution in [0.3, 0.4) is 0 Å². The molecule has 1 heterocycles. The van der Waals surface area contributed by atoms with Gasteiger partial charge in [-0.05, 0) is 35.9 Å². The van der Waals surface area contributed by atoms with E-state index in [1.807, 2.05) is 0 Å². The molecule has 0 bridgehead atoms. The SMILES string of the molecule is C#CCOc1ccc(-c2nccnc2NC(=O)Cc2ccc(Cl)c(Cl)c2)cc1OC. The van der Waals surface area contributed by atoms with Gasteiger partial charge in [-0.3, -0.25) is 9.78 Å². The zero-order valence-electron chi connectivity index (χ0n) is 16.0. The molecule has 0 radical (unpaired) electrons. The molecule has 1 aromatic heterocycles. The third-order valence-electron chi connectivity index (χ3n) is 4.05. The first-order chi connectivity index (χ1) is 14.5. The molecule has 0 fully saturated rings. The number of carbonyl (C=O) groups is 1. The molecule has 0 aliphatic rings. The molecule has 0 unspecified atom stereocenters. The molecule has 0 atom stereocenters. The van der Waals surface area contributed by atoms with Crippen molar-refractivity contribution in [3.8, 4) is 35.1 Å². The smallest absolute Gasteiger partial charge is 0.230 e. The van der Waals surface area contributed by atoms with E-state index in [0.717, 1.165) is 5.56 Å². The van der Waals surface area contributed by atoms with Crippen LogP contribution >= 0.6 is 23.2 Å². The van der Waals surface area contributed by atoms with Gasteiger partial charge in [-0.25, -0.2) is 4.98 Å². The maximum atomic E-state index is 12.5. The molecule has 0 aliphatic heterocycles. The Kier molecular flexibility index (Phi) is 7.12. The first-order valence-corrected chi connectivity index (χ1v) is 9.57. The fourth-order valence-corrected chi connectivity index (χ4v) is 3.03. The summed E-state index contributed by atoms with van der Waals surface area (Å²) >= 11 is 11.9. The molecule has 3 aromatic rings.